The quantitative estimate of drug-likeness (QED) is 0.712. The third-order valence-electron chi connectivity index (χ3n) is 2.34. The summed E-state index contributed by atoms with van der Waals surface area (Å²) >= 11 is 11.6. The van der Waals surface area contributed by atoms with Crippen LogP contribution >= 0.6 is 23.2 Å². The van der Waals surface area contributed by atoms with Crippen molar-refractivity contribution < 1.29 is 15.3 Å². The summed E-state index contributed by atoms with van der Waals surface area (Å²) in [4.78, 5) is 0. The smallest absolute Gasteiger partial charge is 0.105 e. The Bertz CT molecular complexity index is 344. The average molecular weight is 265 g/mol. The van der Waals surface area contributed by atoms with E-state index in [2.05, 4.69) is 0 Å². The predicted molar refractivity (Wildman–Crippen MR) is 63.7 cm³/mol. The van der Waals surface area contributed by atoms with Gasteiger partial charge in [0.25, 0.3) is 0 Å². The molecule has 2 unspecified atom stereocenters. The van der Waals surface area contributed by atoms with Crippen molar-refractivity contribution in [2.75, 3.05) is 6.61 Å². The third-order valence-corrected chi connectivity index (χ3v) is 3.00. The molecule has 0 spiro atoms. The Morgan fingerprint density at radius 1 is 1.25 bits per heavy atom. The van der Waals surface area contributed by atoms with Crippen LogP contribution in [-0.4, -0.2) is 28.0 Å². The summed E-state index contributed by atoms with van der Waals surface area (Å²) in [5.74, 6) is 0.246. The van der Waals surface area contributed by atoms with E-state index in [0.717, 1.165) is 0 Å². The number of alkyl halides is 1. The van der Waals surface area contributed by atoms with E-state index >= 15 is 0 Å². The fourth-order valence-corrected chi connectivity index (χ4v) is 1.87. The number of hydrogen-bond donors (Lipinski definition) is 3. The van der Waals surface area contributed by atoms with Gasteiger partial charge in [-0.3, -0.25) is 0 Å². The van der Waals surface area contributed by atoms with Gasteiger partial charge in [-0.1, -0.05) is 23.7 Å². The van der Waals surface area contributed by atoms with Gasteiger partial charge in [-0.2, -0.15) is 0 Å². The van der Waals surface area contributed by atoms with Crippen molar-refractivity contribution in [1.82, 2.24) is 0 Å². The Morgan fingerprint density at radius 3 is 2.50 bits per heavy atom. The molecule has 2 atom stereocenters. The van der Waals surface area contributed by atoms with E-state index in [9.17, 15) is 10.2 Å². The van der Waals surface area contributed by atoms with Crippen LogP contribution in [0.2, 0.25) is 5.02 Å². The lowest BCUT2D eigenvalue weighted by Crippen LogP contribution is -2.19. The molecular formula is C11H14Cl2O3. The van der Waals surface area contributed by atoms with E-state index in [4.69, 9.17) is 28.3 Å². The maximum atomic E-state index is 9.78. The highest BCUT2D eigenvalue weighted by molar-refractivity contribution is 6.32. The van der Waals surface area contributed by atoms with E-state index < -0.39 is 12.2 Å². The summed E-state index contributed by atoms with van der Waals surface area (Å²) in [5, 5.41) is 28.5. The highest BCUT2D eigenvalue weighted by Crippen LogP contribution is 2.25. The number of hydrogen-bond acceptors (Lipinski definition) is 3. The predicted octanol–water partition coefficient (Wildman–Crippen LogP) is 1.86. The van der Waals surface area contributed by atoms with Crippen LogP contribution in [0.4, 0.5) is 0 Å². The summed E-state index contributed by atoms with van der Waals surface area (Å²) in [6.07, 6.45) is -1.90. The lowest BCUT2D eigenvalue weighted by molar-refractivity contribution is 0.00419. The molecule has 0 radical (unpaired) electrons. The van der Waals surface area contributed by atoms with Crippen molar-refractivity contribution in [3.63, 3.8) is 0 Å². The molecule has 3 N–H and O–H groups in total. The Kier molecular flexibility index (Phi) is 5.52. The number of aliphatic hydroxyl groups is 3. The second kappa shape index (κ2) is 6.42. The van der Waals surface area contributed by atoms with Crippen LogP contribution in [-0.2, 0) is 5.88 Å². The largest absolute Gasteiger partial charge is 0.396 e. The van der Waals surface area contributed by atoms with Gasteiger partial charge in [0.1, 0.15) is 6.10 Å². The lowest BCUT2D eigenvalue weighted by atomic mass is 10.0. The van der Waals surface area contributed by atoms with E-state index in [0.29, 0.717) is 16.1 Å². The zero-order valence-corrected chi connectivity index (χ0v) is 10.1. The van der Waals surface area contributed by atoms with Gasteiger partial charge in [-0.25, -0.2) is 0 Å². The highest BCUT2D eigenvalue weighted by atomic mass is 35.5. The van der Waals surface area contributed by atoms with Gasteiger partial charge in [0.15, 0.2) is 0 Å². The summed E-state index contributed by atoms with van der Waals surface area (Å²) in [5.41, 5.74) is 1.25. The Morgan fingerprint density at radius 2 is 1.94 bits per heavy atom. The summed E-state index contributed by atoms with van der Waals surface area (Å²) in [7, 11) is 0. The molecule has 0 aliphatic carbocycles. The maximum Gasteiger partial charge on any atom is 0.105 e. The molecule has 90 valence electrons. The lowest BCUT2D eigenvalue weighted by Gasteiger charge is -2.18. The molecule has 0 saturated carbocycles. The Balaban J connectivity index is 2.87. The van der Waals surface area contributed by atoms with Crippen LogP contribution in [0.25, 0.3) is 0 Å². The van der Waals surface area contributed by atoms with Crippen LogP contribution in [0.15, 0.2) is 18.2 Å². The zero-order chi connectivity index (χ0) is 12.1. The van der Waals surface area contributed by atoms with Gasteiger partial charge in [0.2, 0.25) is 0 Å². The number of benzene rings is 1. The Hall–Kier alpha value is -0.320. The fourth-order valence-electron chi connectivity index (χ4n) is 1.39. The minimum Gasteiger partial charge on any atom is -0.396 e. The van der Waals surface area contributed by atoms with Gasteiger partial charge < -0.3 is 15.3 Å². The SMILES string of the molecule is OCCC(O)C(O)c1ccc(Cl)c(CCl)c1. The maximum absolute atomic E-state index is 9.78. The molecule has 1 aromatic carbocycles. The molecule has 16 heavy (non-hydrogen) atoms. The third kappa shape index (κ3) is 3.34. The van der Waals surface area contributed by atoms with Crippen molar-refractivity contribution in [1.29, 1.82) is 0 Å². The van der Waals surface area contributed by atoms with Crippen molar-refractivity contribution >= 4 is 23.2 Å². The first kappa shape index (κ1) is 13.7. The van der Waals surface area contributed by atoms with Gasteiger partial charge >= 0.3 is 0 Å². The first-order valence-corrected chi connectivity index (χ1v) is 5.82. The molecule has 0 aliphatic heterocycles. The normalized spacial score (nSPS) is 14.8. The molecule has 0 heterocycles. The van der Waals surface area contributed by atoms with Gasteiger partial charge in [0.05, 0.1) is 6.10 Å². The van der Waals surface area contributed by atoms with E-state index in [-0.39, 0.29) is 18.9 Å². The van der Waals surface area contributed by atoms with Gasteiger partial charge in [-0.15, -0.1) is 11.6 Å². The molecular weight excluding hydrogens is 251 g/mol. The van der Waals surface area contributed by atoms with E-state index in [1.54, 1.807) is 18.2 Å². The molecule has 1 aromatic rings. The highest BCUT2D eigenvalue weighted by Gasteiger charge is 2.18. The number of halogens is 2. The fraction of sp³-hybridized carbons (Fsp3) is 0.455. The Labute approximate surface area is 104 Å². The average Bonchev–Trinajstić information content (AvgIpc) is 2.29. The molecule has 1 rings (SSSR count). The standard InChI is InChI=1S/C11H14Cl2O3/c12-6-8-5-7(1-2-9(8)13)11(16)10(15)3-4-14/h1-2,5,10-11,14-16H,3-4,6H2. The molecule has 0 bridgehead atoms. The van der Waals surface area contributed by atoms with Gasteiger partial charge in [0, 0.05) is 17.5 Å². The summed E-state index contributed by atoms with van der Waals surface area (Å²) < 4.78 is 0. The van der Waals surface area contributed by atoms with E-state index in [1.165, 1.54) is 0 Å². The minimum absolute atomic E-state index is 0.125. The molecule has 0 fully saturated rings. The van der Waals surface area contributed by atoms with E-state index in [1.807, 2.05) is 0 Å². The van der Waals surface area contributed by atoms with Gasteiger partial charge in [-0.05, 0) is 23.6 Å². The molecule has 0 aromatic heterocycles. The van der Waals surface area contributed by atoms with Crippen molar-refractivity contribution in [3.05, 3.63) is 34.3 Å². The van der Waals surface area contributed by atoms with Crippen LogP contribution < -0.4 is 0 Å². The van der Waals surface area contributed by atoms with Crippen LogP contribution in [0.3, 0.4) is 0 Å². The number of aliphatic hydroxyl groups excluding tert-OH is 3. The molecule has 0 saturated heterocycles. The molecule has 3 nitrogen and oxygen atoms in total. The second-order valence-corrected chi connectivity index (χ2v) is 4.18. The first-order valence-electron chi connectivity index (χ1n) is 4.91. The van der Waals surface area contributed by atoms with Crippen LogP contribution in [0.1, 0.15) is 23.7 Å². The second-order valence-electron chi connectivity index (χ2n) is 3.51. The zero-order valence-electron chi connectivity index (χ0n) is 8.61. The minimum atomic E-state index is -1.04. The monoisotopic (exact) mass is 264 g/mol. The van der Waals surface area contributed by atoms with Crippen LogP contribution in [0, 0.1) is 0 Å². The molecule has 0 aliphatic rings. The van der Waals surface area contributed by atoms with Crippen LogP contribution in [0.5, 0.6) is 0 Å². The number of rotatable bonds is 5. The van der Waals surface area contributed by atoms with Crippen molar-refractivity contribution in [2.24, 2.45) is 0 Å². The van der Waals surface area contributed by atoms with Crippen molar-refractivity contribution in [3.8, 4) is 0 Å². The van der Waals surface area contributed by atoms with Crippen molar-refractivity contribution in [2.45, 2.75) is 24.5 Å². The topological polar surface area (TPSA) is 60.7 Å². The summed E-state index contributed by atoms with van der Waals surface area (Å²) in [6, 6.07) is 4.91. The first-order chi connectivity index (χ1) is 7.60. The molecule has 0 amide bonds. The summed E-state index contributed by atoms with van der Waals surface area (Å²) in [6.45, 7) is -0.172. The molecule has 5 heteroatoms.